The molecule has 5 heteroatoms. The molecule has 1 aliphatic heterocycles. The Hall–Kier alpha value is -1.46. The molecule has 1 unspecified atom stereocenters. The van der Waals surface area contributed by atoms with Gasteiger partial charge in [0, 0.05) is 26.0 Å². The SMILES string of the molecule is CC(NC(=O)C1(CN)CCOCC1)c1ccccn1. The second-order valence-corrected chi connectivity index (χ2v) is 5.05. The van der Waals surface area contributed by atoms with Crippen LogP contribution in [0.2, 0.25) is 0 Å². The molecule has 1 aliphatic rings. The molecule has 1 saturated heterocycles. The van der Waals surface area contributed by atoms with Crippen molar-refractivity contribution in [3.8, 4) is 0 Å². The number of amides is 1. The molecule has 104 valence electrons. The van der Waals surface area contributed by atoms with Gasteiger partial charge < -0.3 is 15.8 Å². The van der Waals surface area contributed by atoms with Crippen molar-refractivity contribution in [3.05, 3.63) is 30.1 Å². The quantitative estimate of drug-likeness (QED) is 0.850. The third-order valence-electron chi connectivity index (χ3n) is 3.80. The Kier molecular flexibility index (Phi) is 4.50. The highest BCUT2D eigenvalue weighted by atomic mass is 16.5. The number of hydrogen-bond donors (Lipinski definition) is 2. The van der Waals surface area contributed by atoms with E-state index in [4.69, 9.17) is 10.5 Å². The van der Waals surface area contributed by atoms with E-state index in [9.17, 15) is 4.79 Å². The highest BCUT2D eigenvalue weighted by Crippen LogP contribution is 2.30. The third kappa shape index (κ3) is 3.11. The zero-order chi connectivity index (χ0) is 13.7. The Morgan fingerprint density at radius 2 is 2.26 bits per heavy atom. The molecule has 19 heavy (non-hydrogen) atoms. The fraction of sp³-hybridized carbons (Fsp3) is 0.571. The number of nitrogens with zero attached hydrogens (tertiary/aromatic N) is 1. The van der Waals surface area contributed by atoms with Crippen LogP contribution in [0.1, 0.15) is 31.5 Å². The molecule has 1 aromatic rings. The lowest BCUT2D eigenvalue weighted by atomic mass is 9.79. The van der Waals surface area contributed by atoms with Gasteiger partial charge in [0.1, 0.15) is 0 Å². The van der Waals surface area contributed by atoms with Crippen molar-refractivity contribution in [1.29, 1.82) is 0 Å². The monoisotopic (exact) mass is 263 g/mol. The van der Waals surface area contributed by atoms with Crippen molar-refractivity contribution in [1.82, 2.24) is 10.3 Å². The molecule has 1 amide bonds. The van der Waals surface area contributed by atoms with Gasteiger partial charge in [-0.05, 0) is 31.9 Å². The summed E-state index contributed by atoms with van der Waals surface area (Å²) >= 11 is 0. The first kappa shape index (κ1) is 14.0. The van der Waals surface area contributed by atoms with E-state index >= 15 is 0 Å². The fourth-order valence-electron chi connectivity index (χ4n) is 2.34. The minimum Gasteiger partial charge on any atom is -0.381 e. The van der Waals surface area contributed by atoms with Gasteiger partial charge in [-0.1, -0.05) is 6.07 Å². The van der Waals surface area contributed by atoms with Gasteiger partial charge in [0.05, 0.1) is 17.2 Å². The molecule has 1 atom stereocenters. The highest BCUT2D eigenvalue weighted by molar-refractivity contribution is 5.83. The topological polar surface area (TPSA) is 77.2 Å². The van der Waals surface area contributed by atoms with Crippen molar-refractivity contribution in [3.63, 3.8) is 0 Å². The summed E-state index contributed by atoms with van der Waals surface area (Å²) in [7, 11) is 0. The number of hydrogen-bond acceptors (Lipinski definition) is 4. The van der Waals surface area contributed by atoms with Gasteiger partial charge in [-0.3, -0.25) is 9.78 Å². The highest BCUT2D eigenvalue weighted by Gasteiger charge is 2.39. The Morgan fingerprint density at radius 1 is 1.53 bits per heavy atom. The maximum absolute atomic E-state index is 12.5. The van der Waals surface area contributed by atoms with E-state index in [0.717, 1.165) is 5.69 Å². The van der Waals surface area contributed by atoms with Crippen molar-refractivity contribution in [2.75, 3.05) is 19.8 Å². The van der Waals surface area contributed by atoms with E-state index in [2.05, 4.69) is 10.3 Å². The molecule has 0 spiro atoms. The first-order valence-electron chi connectivity index (χ1n) is 6.68. The largest absolute Gasteiger partial charge is 0.381 e. The molecule has 0 saturated carbocycles. The van der Waals surface area contributed by atoms with Gasteiger partial charge in [-0.25, -0.2) is 0 Å². The molecule has 2 heterocycles. The maximum atomic E-state index is 12.5. The third-order valence-corrected chi connectivity index (χ3v) is 3.80. The van der Waals surface area contributed by atoms with Crippen LogP contribution < -0.4 is 11.1 Å². The predicted octanol–water partition coefficient (Wildman–Crippen LogP) is 1.01. The Morgan fingerprint density at radius 3 is 2.84 bits per heavy atom. The van der Waals surface area contributed by atoms with Crippen LogP contribution in [0.4, 0.5) is 0 Å². The second kappa shape index (κ2) is 6.12. The molecular formula is C14H21N3O2. The average Bonchev–Trinajstić information content (AvgIpc) is 2.48. The van der Waals surface area contributed by atoms with Crippen molar-refractivity contribution >= 4 is 5.91 Å². The number of rotatable bonds is 4. The molecule has 1 fully saturated rings. The van der Waals surface area contributed by atoms with Gasteiger partial charge in [0.2, 0.25) is 5.91 Å². The molecular weight excluding hydrogens is 242 g/mol. The summed E-state index contributed by atoms with van der Waals surface area (Å²) in [4.78, 5) is 16.7. The van der Waals surface area contributed by atoms with E-state index < -0.39 is 5.41 Å². The van der Waals surface area contributed by atoms with Crippen LogP contribution in [0, 0.1) is 5.41 Å². The zero-order valence-electron chi connectivity index (χ0n) is 11.3. The first-order chi connectivity index (χ1) is 9.18. The number of nitrogens with two attached hydrogens (primary N) is 1. The number of aromatic nitrogens is 1. The van der Waals surface area contributed by atoms with Crippen LogP contribution in [-0.2, 0) is 9.53 Å². The molecule has 3 N–H and O–H groups in total. The standard InChI is InChI=1S/C14H21N3O2/c1-11(12-4-2-3-7-16-12)17-13(18)14(10-15)5-8-19-9-6-14/h2-4,7,11H,5-6,8-10,15H2,1H3,(H,17,18). The van der Waals surface area contributed by atoms with Crippen LogP contribution in [0.25, 0.3) is 0 Å². The van der Waals surface area contributed by atoms with E-state index in [1.165, 1.54) is 0 Å². The Balaban J connectivity index is 2.03. The molecule has 5 nitrogen and oxygen atoms in total. The minimum absolute atomic E-state index is 0.0106. The van der Waals surface area contributed by atoms with Crippen molar-refractivity contribution < 1.29 is 9.53 Å². The average molecular weight is 263 g/mol. The second-order valence-electron chi connectivity index (χ2n) is 5.05. The number of nitrogens with one attached hydrogen (secondary N) is 1. The summed E-state index contributed by atoms with van der Waals surface area (Å²) in [6.45, 7) is 3.49. The van der Waals surface area contributed by atoms with Crippen LogP contribution in [0.3, 0.4) is 0 Å². The molecule has 0 aliphatic carbocycles. The maximum Gasteiger partial charge on any atom is 0.228 e. The Bertz CT molecular complexity index is 416. The Labute approximate surface area is 113 Å². The van der Waals surface area contributed by atoms with Gasteiger partial charge in [-0.15, -0.1) is 0 Å². The summed E-state index contributed by atoms with van der Waals surface area (Å²) < 4.78 is 5.32. The van der Waals surface area contributed by atoms with Crippen LogP contribution >= 0.6 is 0 Å². The van der Waals surface area contributed by atoms with Gasteiger partial charge >= 0.3 is 0 Å². The zero-order valence-corrected chi connectivity index (χ0v) is 11.3. The lowest BCUT2D eigenvalue weighted by Gasteiger charge is -2.35. The van der Waals surface area contributed by atoms with Crippen LogP contribution in [0.5, 0.6) is 0 Å². The van der Waals surface area contributed by atoms with Gasteiger partial charge in [-0.2, -0.15) is 0 Å². The van der Waals surface area contributed by atoms with Gasteiger partial charge in [0.15, 0.2) is 0 Å². The molecule has 1 aromatic heterocycles. The fourth-order valence-corrected chi connectivity index (χ4v) is 2.34. The van der Waals surface area contributed by atoms with Crippen molar-refractivity contribution in [2.24, 2.45) is 11.1 Å². The van der Waals surface area contributed by atoms with E-state index in [1.807, 2.05) is 25.1 Å². The van der Waals surface area contributed by atoms with E-state index in [-0.39, 0.29) is 11.9 Å². The van der Waals surface area contributed by atoms with Crippen LogP contribution in [0.15, 0.2) is 24.4 Å². The summed E-state index contributed by atoms with van der Waals surface area (Å²) in [5, 5.41) is 3.02. The predicted molar refractivity (Wildman–Crippen MR) is 72.3 cm³/mol. The molecule has 0 bridgehead atoms. The normalized spacial score (nSPS) is 19.7. The number of ether oxygens (including phenoxy) is 1. The summed E-state index contributed by atoms with van der Waals surface area (Å²) in [6.07, 6.45) is 3.10. The van der Waals surface area contributed by atoms with Crippen molar-refractivity contribution in [2.45, 2.75) is 25.8 Å². The summed E-state index contributed by atoms with van der Waals surface area (Å²) in [5.41, 5.74) is 6.19. The molecule has 0 radical (unpaired) electrons. The smallest absolute Gasteiger partial charge is 0.228 e. The molecule has 0 aromatic carbocycles. The number of pyridine rings is 1. The van der Waals surface area contributed by atoms with E-state index in [0.29, 0.717) is 32.6 Å². The number of carbonyl (C=O) groups excluding carboxylic acids is 1. The van der Waals surface area contributed by atoms with Crippen LogP contribution in [-0.4, -0.2) is 30.6 Å². The van der Waals surface area contributed by atoms with Gasteiger partial charge in [0.25, 0.3) is 0 Å². The first-order valence-corrected chi connectivity index (χ1v) is 6.68. The molecule has 2 rings (SSSR count). The summed E-state index contributed by atoms with van der Waals surface area (Å²) in [5.74, 6) is 0.0106. The number of carbonyl (C=O) groups is 1. The minimum atomic E-state index is -0.485. The lowest BCUT2D eigenvalue weighted by molar-refractivity contribution is -0.136. The lowest BCUT2D eigenvalue weighted by Crippen LogP contribution is -2.49. The summed E-state index contributed by atoms with van der Waals surface area (Å²) in [6, 6.07) is 5.57. The van der Waals surface area contributed by atoms with E-state index in [1.54, 1.807) is 6.20 Å².